The van der Waals surface area contributed by atoms with E-state index in [1.54, 1.807) is 36.7 Å². The lowest BCUT2D eigenvalue weighted by molar-refractivity contribution is -0.389. The summed E-state index contributed by atoms with van der Waals surface area (Å²) in [5.41, 5.74) is 1.98. The van der Waals surface area contributed by atoms with Crippen LogP contribution in [-0.4, -0.2) is 67.6 Å². The van der Waals surface area contributed by atoms with E-state index in [0.717, 1.165) is 5.56 Å². The lowest BCUT2D eigenvalue weighted by Gasteiger charge is -2.22. The number of amides is 1. The maximum absolute atomic E-state index is 11.9. The molecule has 13 heteroatoms. The maximum atomic E-state index is 11.9. The zero-order chi connectivity index (χ0) is 22.9. The third kappa shape index (κ3) is 4.13. The number of hydrogen-bond acceptors (Lipinski definition) is 10. The summed E-state index contributed by atoms with van der Waals surface area (Å²) in [7, 11) is 0. The summed E-state index contributed by atoms with van der Waals surface area (Å²) in [5.74, 6) is 0.0957. The van der Waals surface area contributed by atoms with E-state index in [1.807, 2.05) is 0 Å². The number of aromatic nitrogens is 4. The summed E-state index contributed by atoms with van der Waals surface area (Å²) >= 11 is 0. The molecule has 1 unspecified atom stereocenters. The zero-order valence-corrected chi connectivity index (χ0v) is 17.1. The zero-order valence-electron chi connectivity index (χ0n) is 17.1. The van der Waals surface area contributed by atoms with Crippen LogP contribution in [0.1, 0.15) is 0 Å². The molecule has 13 nitrogen and oxygen atoms in total. The molecule has 3 aromatic heterocycles. The molecular formula is C20H18N6O7. The lowest BCUT2D eigenvalue weighted by Crippen LogP contribution is -2.34. The summed E-state index contributed by atoms with van der Waals surface area (Å²) in [5, 5.41) is 20.0. The fraction of sp³-hybridized carbons (Fsp3) is 0.300. The van der Waals surface area contributed by atoms with Gasteiger partial charge in [-0.1, -0.05) is 0 Å². The molecule has 3 aromatic rings. The molecule has 2 aliphatic heterocycles. The van der Waals surface area contributed by atoms with Gasteiger partial charge in [-0.3, -0.25) is 14.5 Å². The second-order valence-corrected chi connectivity index (χ2v) is 7.43. The van der Waals surface area contributed by atoms with Crippen LogP contribution < -0.4 is 14.4 Å². The van der Waals surface area contributed by atoms with E-state index >= 15 is 0 Å². The number of aliphatic hydroxyl groups excluding tert-OH is 1. The number of aliphatic hydroxyl groups is 1. The monoisotopic (exact) mass is 454 g/mol. The number of ether oxygens (including phenoxy) is 3. The number of anilines is 1. The largest absolute Gasteiger partial charge is 0.469 e. The van der Waals surface area contributed by atoms with E-state index < -0.39 is 17.1 Å². The number of nitro groups is 1. The van der Waals surface area contributed by atoms with Crippen LogP contribution in [0.15, 0.2) is 42.9 Å². The normalized spacial score (nSPS) is 19.5. The Bertz CT molecular complexity index is 1180. The lowest BCUT2D eigenvalue weighted by atomic mass is 10.2. The summed E-state index contributed by atoms with van der Waals surface area (Å²) in [6.45, 7) is 0.572. The van der Waals surface area contributed by atoms with Crippen molar-refractivity contribution in [1.82, 2.24) is 19.5 Å². The quantitative estimate of drug-likeness (QED) is 0.427. The Morgan fingerprint density at radius 3 is 2.76 bits per heavy atom. The highest BCUT2D eigenvalue weighted by Gasteiger charge is 2.32. The first kappa shape index (κ1) is 20.6. The number of carbonyl (C=O) groups is 1. The van der Waals surface area contributed by atoms with Crippen LogP contribution in [0.2, 0.25) is 0 Å². The second-order valence-electron chi connectivity index (χ2n) is 7.43. The number of cyclic esters (lactones) is 1. The number of rotatable bonds is 6. The molecule has 33 heavy (non-hydrogen) atoms. The number of pyridine rings is 2. The minimum Gasteiger partial charge on any atom is -0.469 e. The van der Waals surface area contributed by atoms with Crippen molar-refractivity contribution >= 4 is 17.6 Å². The highest BCUT2D eigenvalue weighted by molar-refractivity contribution is 5.89. The summed E-state index contributed by atoms with van der Waals surface area (Å²) in [4.78, 5) is 36.1. The molecule has 2 atom stereocenters. The molecule has 0 radical (unpaired) electrons. The molecule has 0 bridgehead atoms. The molecule has 170 valence electrons. The molecule has 5 rings (SSSR count). The van der Waals surface area contributed by atoms with E-state index in [-0.39, 0.29) is 37.7 Å². The average molecular weight is 454 g/mol. The minimum absolute atomic E-state index is 0.188. The number of fused-ring (bicyclic) bond motifs is 1. The minimum atomic E-state index is -0.575. The van der Waals surface area contributed by atoms with Crippen molar-refractivity contribution < 1.29 is 29.0 Å². The Morgan fingerprint density at radius 2 is 2.09 bits per heavy atom. The van der Waals surface area contributed by atoms with Crippen molar-refractivity contribution in [3.63, 3.8) is 0 Å². The molecule has 0 aliphatic carbocycles. The first-order chi connectivity index (χ1) is 16.0. The Morgan fingerprint density at radius 1 is 1.21 bits per heavy atom. The van der Waals surface area contributed by atoms with Crippen LogP contribution in [0, 0.1) is 10.1 Å². The smallest absolute Gasteiger partial charge is 0.414 e. The van der Waals surface area contributed by atoms with Gasteiger partial charge in [0.15, 0.2) is 6.10 Å². The summed E-state index contributed by atoms with van der Waals surface area (Å²) < 4.78 is 17.9. The van der Waals surface area contributed by atoms with Gasteiger partial charge in [0.2, 0.25) is 5.88 Å². The van der Waals surface area contributed by atoms with Crippen molar-refractivity contribution in [2.45, 2.75) is 18.8 Å². The van der Waals surface area contributed by atoms with E-state index in [1.165, 1.54) is 15.7 Å². The van der Waals surface area contributed by atoms with Crippen LogP contribution in [0.4, 0.5) is 16.3 Å². The molecule has 5 heterocycles. The van der Waals surface area contributed by atoms with Crippen molar-refractivity contribution in [2.24, 2.45) is 0 Å². The van der Waals surface area contributed by atoms with Gasteiger partial charge in [-0.05, 0) is 23.1 Å². The van der Waals surface area contributed by atoms with Crippen LogP contribution in [0.25, 0.3) is 11.3 Å². The van der Waals surface area contributed by atoms with Gasteiger partial charge in [-0.15, -0.1) is 0 Å². The van der Waals surface area contributed by atoms with Crippen LogP contribution in [0.5, 0.6) is 11.9 Å². The van der Waals surface area contributed by atoms with Gasteiger partial charge in [0, 0.05) is 22.8 Å². The predicted molar refractivity (Wildman–Crippen MR) is 111 cm³/mol. The maximum Gasteiger partial charge on any atom is 0.414 e. The number of nitrogens with zero attached hydrogens (tertiary/aromatic N) is 6. The van der Waals surface area contributed by atoms with Gasteiger partial charge in [0.1, 0.15) is 18.9 Å². The fourth-order valence-electron chi connectivity index (χ4n) is 3.55. The fourth-order valence-corrected chi connectivity index (χ4v) is 3.55. The Kier molecular flexibility index (Phi) is 5.22. The SMILES string of the molecule is O=C1O[C@@H](CO)CN1c1ccc(-c2ccc(OC3COc4nc([N+](=O)[O-])cn4C3)nc2)nc1. The molecule has 1 saturated heterocycles. The Hall–Kier alpha value is -4.26. The molecule has 1 amide bonds. The number of imidazole rings is 1. The standard InChI is InChI=1S/C20H18N6O7/c27-10-14-8-25(20(28)33-14)13-2-3-16(21-6-13)12-1-4-18(22-5-12)32-15-7-24-9-17(26(29)30)23-19(24)31-11-15/h1-6,9,14-15,27H,7-8,10-11H2/t14-,15?/m1/s1. The van der Waals surface area contributed by atoms with E-state index in [9.17, 15) is 14.9 Å². The summed E-state index contributed by atoms with van der Waals surface area (Å²) in [6, 6.07) is 7.19. The first-order valence-electron chi connectivity index (χ1n) is 10.0. The topological polar surface area (TPSA) is 155 Å². The van der Waals surface area contributed by atoms with Crippen molar-refractivity contribution in [3.05, 3.63) is 53.0 Å². The van der Waals surface area contributed by atoms with Gasteiger partial charge in [0.25, 0.3) is 0 Å². The van der Waals surface area contributed by atoms with Gasteiger partial charge < -0.3 is 29.4 Å². The van der Waals surface area contributed by atoms with E-state index in [0.29, 0.717) is 23.8 Å². The predicted octanol–water partition coefficient (Wildman–Crippen LogP) is 1.41. The molecule has 0 spiro atoms. The number of carbonyl (C=O) groups excluding carboxylic acids is 1. The van der Waals surface area contributed by atoms with Crippen LogP contribution in [-0.2, 0) is 11.3 Å². The van der Waals surface area contributed by atoms with Crippen molar-refractivity contribution in [1.29, 1.82) is 0 Å². The second kappa shape index (κ2) is 8.35. The highest BCUT2D eigenvalue weighted by atomic mass is 16.6. The van der Waals surface area contributed by atoms with Gasteiger partial charge >= 0.3 is 17.9 Å². The third-order valence-electron chi connectivity index (χ3n) is 5.17. The Balaban J connectivity index is 1.23. The van der Waals surface area contributed by atoms with Gasteiger partial charge in [-0.2, -0.15) is 0 Å². The molecule has 2 aliphatic rings. The number of hydrogen-bond donors (Lipinski definition) is 1. The first-order valence-corrected chi connectivity index (χ1v) is 10.0. The van der Waals surface area contributed by atoms with Gasteiger partial charge in [-0.25, -0.2) is 9.78 Å². The average Bonchev–Trinajstić information content (AvgIpc) is 3.43. The highest BCUT2D eigenvalue weighted by Crippen LogP contribution is 2.26. The van der Waals surface area contributed by atoms with Gasteiger partial charge in [0.05, 0.1) is 37.3 Å². The van der Waals surface area contributed by atoms with E-state index in [2.05, 4.69) is 15.0 Å². The molecule has 0 saturated carbocycles. The van der Waals surface area contributed by atoms with Crippen molar-refractivity contribution in [2.75, 3.05) is 24.7 Å². The molecular weight excluding hydrogens is 436 g/mol. The van der Waals surface area contributed by atoms with E-state index in [4.69, 9.17) is 19.3 Å². The third-order valence-corrected chi connectivity index (χ3v) is 5.17. The molecule has 1 N–H and O–H groups in total. The molecule has 0 aromatic carbocycles. The molecule has 1 fully saturated rings. The van der Waals surface area contributed by atoms with Crippen LogP contribution in [0.3, 0.4) is 0 Å². The Labute approximate surface area is 186 Å². The van der Waals surface area contributed by atoms with Crippen molar-refractivity contribution in [3.8, 4) is 23.1 Å². The summed E-state index contributed by atoms with van der Waals surface area (Å²) in [6.07, 6.45) is 3.03. The van der Waals surface area contributed by atoms with Crippen LogP contribution >= 0.6 is 0 Å².